The highest BCUT2D eigenvalue weighted by Crippen LogP contribution is 2.24. The lowest BCUT2D eigenvalue weighted by Gasteiger charge is -2.37. The van der Waals surface area contributed by atoms with Crippen molar-refractivity contribution in [3.63, 3.8) is 0 Å². The van der Waals surface area contributed by atoms with Crippen LogP contribution in [-0.4, -0.2) is 73.0 Å². The molecule has 0 unspecified atom stereocenters. The Bertz CT molecular complexity index is 318. The summed E-state index contributed by atoms with van der Waals surface area (Å²) in [6.45, 7) is 10.3. The number of rotatable bonds is 5. The van der Waals surface area contributed by atoms with Gasteiger partial charge in [0.05, 0.1) is 6.54 Å². The third-order valence-corrected chi connectivity index (χ3v) is 5.18. The van der Waals surface area contributed by atoms with Crippen molar-refractivity contribution in [1.29, 1.82) is 0 Å². The molecule has 122 valence electrons. The minimum absolute atomic E-state index is 0.304. The van der Waals surface area contributed by atoms with Crippen molar-refractivity contribution in [3.8, 4) is 0 Å². The Kier molecular flexibility index (Phi) is 6.49. The van der Waals surface area contributed by atoms with E-state index < -0.39 is 0 Å². The van der Waals surface area contributed by atoms with E-state index in [0.717, 1.165) is 38.6 Å². The lowest BCUT2D eigenvalue weighted by Crippen LogP contribution is -2.51. The summed E-state index contributed by atoms with van der Waals surface area (Å²) in [5.74, 6) is 1.05. The van der Waals surface area contributed by atoms with Gasteiger partial charge in [-0.1, -0.05) is 19.3 Å². The second-order valence-corrected chi connectivity index (χ2v) is 7.18. The molecule has 21 heavy (non-hydrogen) atoms. The monoisotopic (exact) mass is 295 g/mol. The van der Waals surface area contributed by atoms with Crippen molar-refractivity contribution in [2.45, 2.75) is 52.0 Å². The molecule has 1 aliphatic carbocycles. The van der Waals surface area contributed by atoms with Gasteiger partial charge in [-0.3, -0.25) is 14.6 Å². The number of piperazine rings is 1. The molecule has 0 bridgehead atoms. The second kappa shape index (κ2) is 8.14. The highest BCUT2D eigenvalue weighted by molar-refractivity contribution is 5.78. The number of carbonyl (C=O) groups excluding carboxylic acids is 1. The van der Waals surface area contributed by atoms with Crippen LogP contribution in [0, 0.1) is 5.92 Å². The summed E-state index contributed by atoms with van der Waals surface area (Å²) < 4.78 is 0. The first kappa shape index (κ1) is 16.8. The third-order valence-electron chi connectivity index (χ3n) is 5.18. The average Bonchev–Trinajstić information content (AvgIpc) is 2.48. The quantitative estimate of drug-likeness (QED) is 0.777. The van der Waals surface area contributed by atoms with E-state index >= 15 is 0 Å². The number of carbonyl (C=O) groups is 1. The molecule has 0 aromatic carbocycles. The van der Waals surface area contributed by atoms with Gasteiger partial charge >= 0.3 is 0 Å². The first-order valence-corrected chi connectivity index (χ1v) is 8.76. The maximum absolute atomic E-state index is 12.4. The summed E-state index contributed by atoms with van der Waals surface area (Å²) in [4.78, 5) is 19.2. The van der Waals surface area contributed by atoms with E-state index in [-0.39, 0.29) is 0 Å². The van der Waals surface area contributed by atoms with E-state index in [1.165, 1.54) is 32.1 Å². The first-order chi connectivity index (χ1) is 10.1. The van der Waals surface area contributed by atoms with E-state index in [4.69, 9.17) is 0 Å². The molecule has 4 heteroatoms. The summed E-state index contributed by atoms with van der Waals surface area (Å²) in [7, 11) is 1.99. The molecule has 1 saturated heterocycles. The highest BCUT2D eigenvalue weighted by Gasteiger charge is 2.23. The predicted molar refractivity (Wildman–Crippen MR) is 87.4 cm³/mol. The summed E-state index contributed by atoms with van der Waals surface area (Å²) in [6.07, 6.45) is 6.71. The van der Waals surface area contributed by atoms with Crippen LogP contribution in [0.15, 0.2) is 0 Å². The molecule has 0 atom stereocenters. The maximum atomic E-state index is 12.4. The SMILES string of the molecule is CC(C)N1CCN(CC(=O)N(C)CC2CCCCC2)CC1. The van der Waals surface area contributed by atoms with Crippen LogP contribution < -0.4 is 0 Å². The number of hydrogen-bond acceptors (Lipinski definition) is 3. The van der Waals surface area contributed by atoms with E-state index in [0.29, 0.717) is 18.5 Å². The largest absolute Gasteiger partial charge is 0.344 e. The van der Waals surface area contributed by atoms with Gasteiger partial charge in [0.15, 0.2) is 0 Å². The Hall–Kier alpha value is -0.610. The molecule has 1 saturated carbocycles. The van der Waals surface area contributed by atoms with Gasteiger partial charge in [0.1, 0.15) is 0 Å². The molecule has 4 nitrogen and oxygen atoms in total. The lowest BCUT2D eigenvalue weighted by atomic mass is 9.89. The third kappa shape index (κ3) is 5.26. The van der Waals surface area contributed by atoms with Gasteiger partial charge in [0, 0.05) is 45.8 Å². The van der Waals surface area contributed by atoms with Gasteiger partial charge in [-0.25, -0.2) is 0 Å². The Balaban J connectivity index is 1.68. The van der Waals surface area contributed by atoms with Gasteiger partial charge in [-0.2, -0.15) is 0 Å². The van der Waals surface area contributed by atoms with E-state index in [9.17, 15) is 4.79 Å². The average molecular weight is 295 g/mol. The smallest absolute Gasteiger partial charge is 0.236 e. The standard InChI is InChI=1S/C17H33N3O/c1-15(2)20-11-9-19(10-12-20)14-17(21)18(3)13-16-7-5-4-6-8-16/h15-16H,4-14H2,1-3H3. The molecule has 0 aromatic rings. The minimum atomic E-state index is 0.304. The van der Waals surface area contributed by atoms with Crippen LogP contribution in [-0.2, 0) is 4.79 Å². The molecule has 0 N–H and O–H groups in total. The zero-order valence-corrected chi connectivity index (χ0v) is 14.2. The van der Waals surface area contributed by atoms with Crippen LogP contribution in [0.1, 0.15) is 46.0 Å². The van der Waals surface area contributed by atoms with Crippen molar-refractivity contribution < 1.29 is 4.79 Å². The highest BCUT2D eigenvalue weighted by atomic mass is 16.2. The van der Waals surface area contributed by atoms with Crippen LogP contribution in [0.2, 0.25) is 0 Å². The van der Waals surface area contributed by atoms with Crippen LogP contribution in [0.25, 0.3) is 0 Å². The Morgan fingerprint density at radius 1 is 1.10 bits per heavy atom. The molecule has 0 spiro atoms. The second-order valence-electron chi connectivity index (χ2n) is 7.18. The summed E-state index contributed by atoms with van der Waals surface area (Å²) in [5, 5.41) is 0. The summed E-state index contributed by atoms with van der Waals surface area (Å²) in [6, 6.07) is 0.622. The molecule has 2 fully saturated rings. The van der Waals surface area contributed by atoms with Crippen molar-refractivity contribution >= 4 is 5.91 Å². The summed E-state index contributed by atoms with van der Waals surface area (Å²) >= 11 is 0. The van der Waals surface area contributed by atoms with Crippen LogP contribution >= 0.6 is 0 Å². The Labute approximate surface area is 130 Å². The normalized spacial score (nSPS) is 22.7. The number of hydrogen-bond donors (Lipinski definition) is 0. The summed E-state index contributed by atoms with van der Waals surface area (Å²) in [5.41, 5.74) is 0. The maximum Gasteiger partial charge on any atom is 0.236 e. The lowest BCUT2D eigenvalue weighted by molar-refractivity contribution is -0.132. The van der Waals surface area contributed by atoms with Crippen LogP contribution in [0.3, 0.4) is 0 Å². The first-order valence-electron chi connectivity index (χ1n) is 8.76. The fraction of sp³-hybridized carbons (Fsp3) is 0.941. The molecule has 1 aliphatic heterocycles. The van der Waals surface area contributed by atoms with Gasteiger partial charge in [0.2, 0.25) is 5.91 Å². The van der Waals surface area contributed by atoms with Crippen LogP contribution in [0.4, 0.5) is 0 Å². The fourth-order valence-corrected chi connectivity index (χ4v) is 3.61. The fourth-order valence-electron chi connectivity index (χ4n) is 3.61. The van der Waals surface area contributed by atoms with Crippen molar-refractivity contribution in [2.24, 2.45) is 5.92 Å². The molecule has 0 radical (unpaired) electrons. The molecule has 2 aliphatic rings. The number of likely N-dealkylation sites (N-methyl/N-ethyl adjacent to an activating group) is 1. The molecule has 1 amide bonds. The molecule has 2 rings (SSSR count). The Morgan fingerprint density at radius 2 is 1.71 bits per heavy atom. The van der Waals surface area contributed by atoms with Crippen molar-refractivity contribution in [1.82, 2.24) is 14.7 Å². The number of amides is 1. The van der Waals surface area contributed by atoms with E-state index in [1.54, 1.807) is 0 Å². The number of nitrogens with zero attached hydrogens (tertiary/aromatic N) is 3. The van der Waals surface area contributed by atoms with Gasteiger partial charge in [0.25, 0.3) is 0 Å². The predicted octanol–water partition coefficient (Wildman–Crippen LogP) is 2.05. The molecule has 0 aromatic heterocycles. The van der Waals surface area contributed by atoms with E-state index in [2.05, 4.69) is 23.6 Å². The molecular weight excluding hydrogens is 262 g/mol. The molecular formula is C17H33N3O. The zero-order valence-electron chi connectivity index (χ0n) is 14.2. The van der Waals surface area contributed by atoms with Gasteiger partial charge in [-0.15, -0.1) is 0 Å². The Morgan fingerprint density at radius 3 is 2.29 bits per heavy atom. The minimum Gasteiger partial charge on any atom is -0.344 e. The van der Waals surface area contributed by atoms with Crippen LogP contribution in [0.5, 0.6) is 0 Å². The zero-order chi connectivity index (χ0) is 15.2. The van der Waals surface area contributed by atoms with Crippen molar-refractivity contribution in [3.05, 3.63) is 0 Å². The molecule has 1 heterocycles. The van der Waals surface area contributed by atoms with Gasteiger partial charge < -0.3 is 4.90 Å². The van der Waals surface area contributed by atoms with Gasteiger partial charge in [-0.05, 0) is 32.6 Å². The van der Waals surface area contributed by atoms with Crippen molar-refractivity contribution in [2.75, 3.05) is 46.3 Å². The van der Waals surface area contributed by atoms with E-state index in [1.807, 2.05) is 11.9 Å². The topological polar surface area (TPSA) is 26.8 Å².